The molecule has 0 aromatic heterocycles. The summed E-state index contributed by atoms with van der Waals surface area (Å²) in [5.41, 5.74) is -0.326. The highest BCUT2D eigenvalue weighted by Gasteiger charge is 2.28. The number of hydrogen-bond acceptors (Lipinski definition) is 2. The molecule has 0 spiro atoms. The molecule has 1 unspecified atom stereocenters. The largest absolute Gasteiger partial charge is 0.332 e. The van der Waals surface area contributed by atoms with Gasteiger partial charge < -0.3 is 10.2 Å². The number of halogens is 2. The molecule has 0 radical (unpaired) electrons. The molecule has 1 heterocycles. The number of nitrogens with zero attached hydrogens (tertiary/aromatic N) is 1. The van der Waals surface area contributed by atoms with Gasteiger partial charge in [-0.2, -0.15) is 0 Å². The van der Waals surface area contributed by atoms with Crippen molar-refractivity contribution in [3.05, 3.63) is 29.8 Å². The van der Waals surface area contributed by atoms with Crippen molar-refractivity contribution in [1.29, 1.82) is 0 Å². The van der Waals surface area contributed by atoms with E-state index in [1.54, 1.807) is 0 Å². The normalized spacial score (nSPS) is 18.8. The van der Waals surface area contributed by atoms with Crippen molar-refractivity contribution in [2.45, 2.75) is 32.2 Å². The summed E-state index contributed by atoms with van der Waals surface area (Å²) in [6.07, 6.45) is 2.70. The van der Waals surface area contributed by atoms with Crippen molar-refractivity contribution in [3.63, 3.8) is 0 Å². The number of amides is 2. The highest BCUT2D eigenvalue weighted by Crippen LogP contribution is 2.18. The SMILES string of the molecule is CC1CCCCN1C(=O)C(=O)Nc1cc(F)ccc1F. The lowest BCUT2D eigenvalue weighted by atomic mass is 10.0. The summed E-state index contributed by atoms with van der Waals surface area (Å²) >= 11 is 0. The fourth-order valence-corrected chi connectivity index (χ4v) is 2.30. The fourth-order valence-electron chi connectivity index (χ4n) is 2.30. The lowest BCUT2D eigenvalue weighted by Gasteiger charge is -2.32. The maximum Gasteiger partial charge on any atom is 0.313 e. The zero-order valence-corrected chi connectivity index (χ0v) is 11.2. The third-order valence-corrected chi connectivity index (χ3v) is 3.43. The number of carbonyl (C=O) groups is 2. The second-order valence-corrected chi connectivity index (χ2v) is 4.92. The average Bonchev–Trinajstić information content (AvgIpc) is 2.42. The van der Waals surface area contributed by atoms with Crippen LogP contribution in [0.5, 0.6) is 0 Å². The first kappa shape index (κ1) is 14.4. The molecule has 2 amide bonds. The van der Waals surface area contributed by atoms with Crippen LogP contribution in [0.4, 0.5) is 14.5 Å². The first-order chi connectivity index (χ1) is 9.49. The molecule has 4 nitrogen and oxygen atoms in total. The Morgan fingerprint density at radius 2 is 2.05 bits per heavy atom. The van der Waals surface area contributed by atoms with E-state index in [9.17, 15) is 18.4 Å². The Morgan fingerprint density at radius 3 is 2.75 bits per heavy atom. The molecule has 1 aliphatic heterocycles. The van der Waals surface area contributed by atoms with Gasteiger partial charge in [-0.25, -0.2) is 8.78 Å². The summed E-state index contributed by atoms with van der Waals surface area (Å²) in [7, 11) is 0. The Balaban J connectivity index is 2.07. The standard InChI is InChI=1S/C14H16F2N2O2/c1-9-4-2-3-7-18(9)14(20)13(19)17-12-8-10(15)5-6-11(12)16/h5-6,8-9H,2-4,7H2,1H3,(H,17,19). The van der Waals surface area contributed by atoms with Crippen molar-refractivity contribution in [3.8, 4) is 0 Å². The molecule has 108 valence electrons. The Hall–Kier alpha value is -1.98. The summed E-state index contributed by atoms with van der Waals surface area (Å²) in [4.78, 5) is 25.3. The molecule has 1 aliphatic rings. The van der Waals surface area contributed by atoms with Crippen molar-refractivity contribution >= 4 is 17.5 Å². The molecule has 6 heteroatoms. The van der Waals surface area contributed by atoms with E-state index in [0.29, 0.717) is 6.54 Å². The van der Waals surface area contributed by atoms with Gasteiger partial charge in [0.15, 0.2) is 0 Å². The Morgan fingerprint density at radius 1 is 1.30 bits per heavy atom. The molecule has 2 rings (SSSR count). The van der Waals surface area contributed by atoms with Crippen molar-refractivity contribution in [2.24, 2.45) is 0 Å². The number of likely N-dealkylation sites (tertiary alicyclic amines) is 1. The summed E-state index contributed by atoms with van der Waals surface area (Å²) in [6.45, 7) is 2.38. The minimum Gasteiger partial charge on any atom is -0.332 e. The van der Waals surface area contributed by atoms with Gasteiger partial charge >= 0.3 is 11.8 Å². The smallest absolute Gasteiger partial charge is 0.313 e. The van der Waals surface area contributed by atoms with Gasteiger partial charge in [-0.3, -0.25) is 9.59 Å². The molecule has 0 bridgehead atoms. The van der Waals surface area contributed by atoms with Crippen LogP contribution in [-0.2, 0) is 9.59 Å². The molecule has 20 heavy (non-hydrogen) atoms. The number of rotatable bonds is 1. The van der Waals surface area contributed by atoms with E-state index in [0.717, 1.165) is 37.5 Å². The van der Waals surface area contributed by atoms with Gasteiger partial charge in [-0.05, 0) is 38.3 Å². The van der Waals surface area contributed by atoms with Crippen molar-refractivity contribution < 1.29 is 18.4 Å². The third-order valence-electron chi connectivity index (χ3n) is 3.43. The number of carbonyl (C=O) groups excluding carboxylic acids is 2. The second-order valence-electron chi connectivity index (χ2n) is 4.92. The fraction of sp³-hybridized carbons (Fsp3) is 0.429. The molecular formula is C14H16F2N2O2. The van der Waals surface area contributed by atoms with E-state index >= 15 is 0 Å². The monoisotopic (exact) mass is 282 g/mol. The van der Waals surface area contributed by atoms with Gasteiger partial charge in [0.2, 0.25) is 0 Å². The molecular weight excluding hydrogens is 266 g/mol. The van der Waals surface area contributed by atoms with Crippen LogP contribution in [0, 0.1) is 11.6 Å². The van der Waals surface area contributed by atoms with E-state index in [4.69, 9.17) is 0 Å². The number of nitrogens with one attached hydrogen (secondary N) is 1. The van der Waals surface area contributed by atoms with E-state index in [-0.39, 0.29) is 11.7 Å². The van der Waals surface area contributed by atoms with Gasteiger partial charge in [-0.1, -0.05) is 0 Å². The Bertz CT molecular complexity index is 534. The van der Waals surface area contributed by atoms with Gasteiger partial charge in [0.1, 0.15) is 11.6 Å². The molecule has 0 saturated carbocycles. The zero-order valence-electron chi connectivity index (χ0n) is 11.2. The van der Waals surface area contributed by atoms with Crippen LogP contribution in [0.3, 0.4) is 0 Å². The van der Waals surface area contributed by atoms with Gasteiger partial charge in [0, 0.05) is 18.7 Å². The van der Waals surface area contributed by atoms with Crippen LogP contribution >= 0.6 is 0 Å². The summed E-state index contributed by atoms with van der Waals surface area (Å²) in [5.74, 6) is -3.11. The van der Waals surface area contributed by atoms with Crippen LogP contribution in [0.25, 0.3) is 0 Å². The van der Waals surface area contributed by atoms with E-state index in [1.807, 2.05) is 6.92 Å². The number of benzene rings is 1. The first-order valence-corrected chi connectivity index (χ1v) is 6.56. The maximum atomic E-state index is 13.4. The second kappa shape index (κ2) is 5.98. The number of piperidine rings is 1. The van der Waals surface area contributed by atoms with E-state index in [2.05, 4.69) is 5.32 Å². The highest BCUT2D eigenvalue weighted by atomic mass is 19.1. The van der Waals surface area contributed by atoms with Gasteiger partial charge in [0.25, 0.3) is 0 Å². The van der Waals surface area contributed by atoms with Gasteiger partial charge in [0.05, 0.1) is 5.69 Å². The minimum atomic E-state index is -0.941. The van der Waals surface area contributed by atoms with Crippen LogP contribution in [-0.4, -0.2) is 29.3 Å². The summed E-state index contributed by atoms with van der Waals surface area (Å²) in [6, 6.07) is 2.68. The minimum absolute atomic E-state index is 0.0145. The topological polar surface area (TPSA) is 49.4 Å². The number of hydrogen-bond donors (Lipinski definition) is 1. The molecule has 1 N–H and O–H groups in total. The molecule has 1 fully saturated rings. The van der Waals surface area contributed by atoms with Crippen LogP contribution in [0.1, 0.15) is 26.2 Å². The lowest BCUT2D eigenvalue weighted by molar-refractivity contribution is -0.145. The lowest BCUT2D eigenvalue weighted by Crippen LogP contribution is -2.47. The summed E-state index contributed by atoms with van der Waals surface area (Å²) in [5, 5.41) is 2.12. The van der Waals surface area contributed by atoms with Gasteiger partial charge in [-0.15, -0.1) is 0 Å². The van der Waals surface area contributed by atoms with E-state index < -0.39 is 23.4 Å². The molecule has 1 saturated heterocycles. The molecule has 1 aromatic rings. The predicted molar refractivity (Wildman–Crippen MR) is 70.0 cm³/mol. The van der Waals surface area contributed by atoms with Crippen molar-refractivity contribution in [2.75, 3.05) is 11.9 Å². The average molecular weight is 282 g/mol. The predicted octanol–water partition coefficient (Wildman–Crippen LogP) is 2.30. The van der Waals surface area contributed by atoms with Crippen LogP contribution in [0.15, 0.2) is 18.2 Å². The molecule has 0 aliphatic carbocycles. The van der Waals surface area contributed by atoms with E-state index in [1.165, 1.54) is 4.90 Å². The van der Waals surface area contributed by atoms with Crippen molar-refractivity contribution in [1.82, 2.24) is 4.90 Å². The maximum absolute atomic E-state index is 13.4. The molecule has 1 aromatic carbocycles. The quantitative estimate of drug-likeness (QED) is 0.804. The summed E-state index contributed by atoms with van der Waals surface area (Å²) < 4.78 is 26.4. The first-order valence-electron chi connectivity index (χ1n) is 6.56. The Kier molecular flexibility index (Phi) is 4.32. The Labute approximate surface area is 115 Å². The highest BCUT2D eigenvalue weighted by molar-refractivity contribution is 6.39. The number of anilines is 1. The van der Waals surface area contributed by atoms with Crippen LogP contribution < -0.4 is 5.32 Å². The third kappa shape index (κ3) is 3.12. The molecule has 1 atom stereocenters. The zero-order chi connectivity index (χ0) is 14.7. The van der Waals surface area contributed by atoms with Crippen LogP contribution in [0.2, 0.25) is 0 Å².